The number of thiophene rings is 1. The molecule has 0 saturated heterocycles. The molecule has 21 heavy (non-hydrogen) atoms. The van der Waals surface area contributed by atoms with E-state index >= 15 is 0 Å². The fourth-order valence-electron chi connectivity index (χ4n) is 2.82. The summed E-state index contributed by atoms with van der Waals surface area (Å²) in [6.07, 6.45) is 5.01. The molecule has 1 heterocycles. The second-order valence-corrected chi connectivity index (χ2v) is 7.32. The van der Waals surface area contributed by atoms with Crippen LogP contribution in [0.5, 0.6) is 0 Å². The van der Waals surface area contributed by atoms with Crippen LogP contribution in [0.2, 0.25) is 0 Å². The molecule has 2 N–H and O–H groups in total. The summed E-state index contributed by atoms with van der Waals surface area (Å²) in [4.78, 5) is 13.1. The van der Waals surface area contributed by atoms with Gasteiger partial charge < -0.3 is 10.4 Å². The van der Waals surface area contributed by atoms with Crippen molar-refractivity contribution in [3.8, 4) is 11.8 Å². The fraction of sp³-hybridized carbons (Fsp3) is 0.588. The summed E-state index contributed by atoms with van der Waals surface area (Å²) < 4.78 is 0. The Bertz CT molecular complexity index is 551. The lowest BCUT2D eigenvalue weighted by atomic mass is 9.75. The van der Waals surface area contributed by atoms with Gasteiger partial charge in [0.15, 0.2) is 0 Å². The molecule has 0 spiro atoms. The van der Waals surface area contributed by atoms with Crippen molar-refractivity contribution in [2.24, 2.45) is 5.41 Å². The van der Waals surface area contributed by atoms with Gasteiger partial charge in [0.1, 0.15) is 0 Å². The Balaban J connectivity index is 1.93. The molecule has 3 nitrogen and oxygen atoms in total. The van der Waals surface area contributed by atoms with Gasteiger partial charge in [0.25, 0.3) is 5.91 Å². The minimum atomic E-state index is 0.00385. The number of hydrogen-bond donors (Lipinski definition) is 2. The van der Waals surface area contributed by atoms with E-state index in [1.54, 1.807) is 0 Å². The number of rotatable bonds is 3. The highest BCUT2D eigenvalue weighted by atomic mass is 32.1. The van der Waals surface area contributed by atoms with E-state index in [-0.39, 0.29) is 18.6 Å². The lowest BCUT2D eigenvalue weighted by molar-refractivity contribution is 0.0903. The molecule has 4 heteroatoms. The Morgan fingerprint density at radius 3 is 3.10 bits per heavy atom. The van der Waals surface area contributed by atoms with E-state index in [1.165, 1.54) is 24.2 Å². The Kier molecular flexibility index (Phi) is 5.44. The molecule has 1 saturated carbocycles. The van der Waals surface area contributed by atoms with Crippen molar-refractivity contribution in [2.45, 2.75) is 52.0 Å². The molecule has 1 unspecified atom stereocenters. The summed E-state index contributed by atoms with van der Waals surface area (Å²) in [7, 11) is 0. The molecule has 0 bridgehead atoms. The largest absolute Gasteiger partial charge is 0.395 e. The van der Waals surface area contributed by atoms with Crippen molar-refractivity contribution in [1.29, 1.82) is 0 Å². The molecule has 1 aromatic heterocycles. The predicted molar refractivity (Wildman–Crippen MR) is 86.4 cm³/mol. The average molecular weight is 305 g/mol. The fourth-order valence-corrected chi connectivity index (χ4v) is 3.57. The molecule has 0 radical (unpaired) electrons. The highest BCUT2D eigenvalue weighted by Gasteiger charge is 2.29. The van der Waals surface area contributed by atoms with E-state index in [0.717, 1.165) is 17.7 Å². The highest BCUT2D eigenvalue weighted by molar-refractivity contribution is 7.10. The molecular formula is C17H23NO2S. The number of aliphatic hydroxyl groups excluding tert-OH is 1. The van der Waals surface area contributed by atoms with Gasteiger partial charge in [-0.3, -0.25) is 4.79 Å². The van der Waals surface area contributed by atoms with Crippen molar-refractivity contribution in [3.05, 3.63) is 21.9 Å². The molecule has 1 fully saturated rings. The third-order valence-electron chi connectivity index (χ3n) is 3.85. The van der Waals surface area contributed by atoms with E-state index in [9.17, 15) is 4.79 Å². The minimum absolute atomic E-state index is 0.00385. The second kappa shape index (κ2) is 7.11. The van der Waals surface area contributed by atoms with E-state index in [2.05, 4.69) is 31.0 Å². The number of hydrogen-bond acceptors (Lipinski definition) is 3. The van der Waals surface area contributed by atoms with Gasteiger partial charge >= 0.3 is 0 Å². The minimum Gasteiger partial charge on any atom is -0.395 e. The molecule has 1 amide bonds. The van der Waals surface area contributed by atoms with Crippen LogP contribution in [0.1, 0.15) is 61.2 Å². The first-order chi connectivity index (χ1) is 10.00. The van der Waals surface area contributed by atoms with Crippen molar-refractivity contribution < 1.29 is 9.90 Å². The standard InChI is InChI=1S/C17H23NO2S/c1-17(2)8-5-6-14(11-17)18-16(20)13-10-15(21-12-13)7-3-4-9-19/h10,12,14,19H,4-6,8-9,11H2,1-2H3,(H,18,20). The predicted octanol–water partition coefficient (Wildman–Crippen LogP) is 3.18. The Hall–Kier alpha value is -1.31. The third-order valence-corrected chi connectivity index (χ3v) is 4.70. The number of carbonyl (C=O) groups excluding carboxylic acids is 1. The van der Waals surface area contributed by atoms with E-state index in [0.29, 0.717) is 17.4 Å². The zero-order chi connectivity index (χ0) is 15.3. The number of amides is 1. The Labute approximate surface area is 130 Å². The summed E-state index contributed by atoms with van der Waals surface area (Å²) >= 11 is 1.47. The van der Waals surface area contributed by atoms with Crippen LogP contribution in [0.4, 0.5) is 0 Å². The second-order valence-electron chi connectivity index (χ2n) is 6.41. The van der Waals surface area contributed by atoms with Crippen LogP contribution in [0.15, 0.2) is 11.4 Å². The molecule has 0 aromatic carbocycles. The van der Waals surface area contributed by atoms with Crippen LogP contribution in [-0.2, 0) is 0 Å². The first-order valence-electron chi connectivity index (χ1n) is 7.49. The molecule has 2 rings (SSSR count). The lowest BCUT2D eigenvalue weighted by Crippen LogP contribution is -2.40. The summed E-state index contributed by atoms with van der Waals surface area (Å²) in [5.74, 6) is 5.84. The van der Waals surface area contributed by atoms with Gasteiger partial charge in [-0.15, -0.1) is 11.3 Å². The van der Waals surface area contributed by atoms with Crippen LogP contribution in [0, 0.1) is 17.3 Å². The van der Waals surface area contributed by atoms with Crippen molar-refractivity contribution >= 4 is 17.2 Å². The van der Waals surface area contributed by atoms with Crippen molar-refractivity contribution in [2.75, 3.05) is 6.61 Å². The molecule has 0 aliphatic heterocycles. The third kappa shape index (κ3) is 4.87. The molecule has 1 atom stereocenters. The maximum absolute atomic E-state index is 12.3. The van der Waals surface area contributed by atoms with Crippen LogP contribution in [0.25, 0.3) is 0 Å². The van der Waals surface area contributed by atoms with Gasteiger partial charge in [0.2, 0.25) is 0 Å². The summed E-state index contributed by atoms with van der Waals surface area (Å²) in [5, 5.41) is 13.7. The molecule has 1 aliphatic carbocycles. The molecule has 114 valence electrons. The highest BCUT2D eigenvalue weighted by Crippen LogP contribution is 2.35. The smallest absolute Gasteiger partial charge is 0.252 e. The van der Waals surface area contributed by atoms with Crippen molar-refractivity contribution in [1.82, 2.24) is 5.32 Å². The van der Waals surface area contributed by atoms with Crippen LogP contribution in [-0.4, -0.2) is 23.7 Å². The molecule has 1 aromatic rings. The van der Waals surface area contributed by atoms with Crippen LogP contribution >= 0.6 is 11.3 Å². The normalized spacial score (nSPS) is 20.4. The van der Waals surface area contributed by atoms with Gasteiger partial charge in [-0.2, -0.15) is 0 Å². The van der Waals surface area contributed by atoms with Gasteiger partial charge in [-0.05, 0) is 30.7 Å². The van der Waals surface area contributed by atoms with Crippen LogP contribution < -0.4 is 5.32 Å². The van der Waals surface area contributed by atoms with Gasteiger partial charge in [-0.25, -0.2) is 0 Å². The summed E-state index contributed by atoms with van der Waals surface area (Å²) in [5.41, 5.74) is 1.02. The zero-order valence-corrected chi connectivity index (χ0v) is 13.6. The summed E-state index contributed by atoms with van der Waals surface area (Å²) in [6.45, 7) is 4.61. The summed E-state index contributed by atoms with van der Waals surface area (Å²) in [6, 6.07) is 2.11. The number of nitrogens with one attached hydrogen (secondary N) is 1. The van der Waals surface area contributed by atoms with Gasteiger partial charge in [0.05, 0.1) is 17.0 Å². The number of aliphatic hydroxyl groups is 1. The van der Waals surface area contributed by atoms with E-state index in [1.807, 2.05) is 11.4 Å². The van der Waals surface area contributed by atoms with Gasteiger partial charge in [-0.1, -0.05) is 32.1 Å². The SMILES string of the molecule is CC1(C)CCCC(NC(=O)c2csc(C#CCCO)c2)C1. The maximum Gasteiger partial charge on any atom is 0.252 e. The Morgan fingerprint density at radius 1 is 1.57 bits per heavy atom. The Morgan fingerprint density at radius 2 is 2.38 bits per heavy atom. The maximum atomic E-state index is 12.3. The van der Waals surface area contributed by atoms with E-state index < -0.39 is 0 Å². The first-order valence-corrected chi connectivity index (χ1v) is 8.37. The quantitative estimate of drug-likeness (QED) is 0.843. The van der Waals surface area contributed by atoms with E-state index in [4.69, 9.17) is 5.11 Å². The lowest BCUT2D eigenvalue weighted by Gasteiger charge is -2.35. The number of carbonyl (C=O) groups is 1. The van der Waals surface area contributed by atoms with Crippen LogP contribution in [0.3, 0.4) is 0 Å². The van der Waals surface area contributed by atoms with Crippen molar-refractivity contribution in [3.63, 3.8) is 0 Å². The average Bonchev–Trinajstić information content (AvgIpc) is 2.87. The molecular weight excluding hydrogens is 282 g/mol. The zero-order valence-electron chi connectivity index (χ0n) is 12.7. The first kappa shape index (κ1) is 16.1. The van der Waals surface area contributed by atoms with Gasteiger partial charge in [0, 0.05) is 17.8 Å². The topological polar surface area (TPSA) is 49.3 Å². The monoisotopic (exact) mass is 305 g/mol. The molecule has 1 aliphatic rings.